The Labute approximate surface area is 194 Å². The number of halogens is 3. The number of ether oxygens (including phenoxy) is 1. The highest BCUT2D eigenvalue weighted by molar-refractivity contribution is 5.89. The lowest BCUT2D eigenvalue weighted by molar-refractivity contribution is -0.141. The lowest BCUT2D eigenvalue weighted by atomic mass is 9.88. The third kappa shape index (κ3) is 4.48. The second kappa shape index (κ2) is 8.72. The molecule has 0 aliphatic carbocycles. The zero-order chi connectivity index (χ0) is 23.9. The second-order valence-electron chi connectivity index (χ2n) is 8.52. The Balaban J connectivity index is 1.55. The minimum atomic E-state index is -4.50. The number of hydrogen-bond acceptors (Lipinski definition) is 6. The van der Waals surface area contributed by atoms with Crippen molar-refractivity contribution in [3.63, 3.8) is 0 Å². The fourth-order valence-electron chi connectivity index (χ4n) is 4.31. The number of aromatic nitrogens is 5. The van der Waals surface area contributed by atoms with Crippen LogP contribution < -0.4 is 0 Å². The standard InChI is InChI=1S/C25H22F3N5O/c1-14-9-17(5-7-29-14)21-10-16(6-8-34-21)19-11-20-24(31-12-15(2)32-20)23(33-19)18-3-4-22(30-13-18)25(26,27)28/h3-5,7,9,11-13,16,21H,6,8,10H2,1-2H3/t16?,21-/m1/s1. The summed E-state index contributed by atoms with van der Waals surface area (Å²) in [6.45, 7) is 4.37. The molecule has 1 aliphatic heterocycles. The predicted molar refractivity (Wildman–Crippen MR) is 120 cm³/mol. The predicted octanol–water partition coefficient (Wildman–Crippen LogP) is 5.75. The number of alkyl halides is 3. The van der Waals surface area contributed by atoms with Crippen LogP contribution in [0.5, 0.6) is 0 Å². The SMILES string of the molecule is Cc1cc([C@H]2CC(c3cc4nc(C)cnc4c(-c4ccc(C(F)(F)F)nc4)n3)CCO2)ccn1. The Kier molecular flexibility index (Phi) is 5.73. The van der Waals surface area contributed by atoms with Crippen LogP contribution in [0.3, 0.4) is 0 Å². The van der Waals surface area contributed by atoms with E-state index in [0.717, 1.165) is 41.6 Å². The molecular formula is C25H22F3N5O. The number of rotatable bonds is 3. The summed E-state index contributed by atoms with van der Waals surface area (Å²) in [6, 6.07) is 8.26. The van der Waals surface area contributed by atoms with Crippen LogP contribution in [0, 0.1) is 13.8 Å². The molecule has 0 saturated carbocycles. The molecule has 1 unspecified atom stereocenters. The van der Waals surface area contributed by atoms with E-state index in [0.29, 0.717) is 28.9 Å². The first kappa shape index (κ1) is 22.3. The van der Waals surface area contributed by atoms with Crippen LogP contribution in [0.1, 0.15) is 53.2 Å². The minimum absolute atomic E-state index is 0.0854. The highest BCUT2D eigenvalue weighted by Gasteiger charge is 2.32. The molecule has 4 aromatic rings. The van der Waals surface area contributed by atoms with E-state index in [1.807, 2.05) is 32.0 Å². The molecule has 0 radical (unpaired) electrons. The van der Waals surface area contributed by atoms with E-state index in [9.17, 15) is 13.2 Å². The lowest BCUT2D eigenvalue weighted by Crippen LogP contribution is -2.20. The number of fused-ring (bicyclic) bond motifs is 1. The molecule has 6 nitrogen and oxygen atoms in total. The van der Waals surface area contributed by atoms with Crippen molar-refractivity contribution in [1.29, 1.82) is 0 Å². The average molecular weight is 465 g/mol. The topological polar surface area (TPSA) is 73.7 Å². The van der Waals surface area contributed by atoms with Crippen molar-refractivity contribution in [2.45, 2.75) is 44.9 Å². The Morgan fingerprint density at radius 3 is 2.53 bits per heavy atom. The van der Waals surface area contributed by atoms with Crippen LogP contribution in [0.15, 0.2) is 48.9 Å². The summed E-state index contributed by atoms with van der Waals surface area (Å²) in [5.74, 6) is 0.0973. The van der Waals surface area contributed by atoms with Gasteiger partial charge in [-0.25, -0.2) is 4.98 Å². The molecule has 9 heteroatoms. The highest BCUT2D eigenvalue weighted by Crippen LogP contribution is 2.39. The number of hydrogen-bond donors (Lipinski definition) is 0. The summed E-state index contributed by atoms with van der Waals surface area (Å²) in [5, 5.41) is 0. The van der Waals surface area contributed by atoms with Crippen LogP contribution in [-0.4, -0.2) is 31.5 Å². The molecule has 174 valence electrons. The molecule has 0 N–H and O–H groups in total. The summed E-state index contributed by atoms with van der Waals surface area (Å²) in [7, 11) is 0. The molecule has 34 heavy (non-hydrogen) atoms. The quantitative estimate of drug-likeness (QED) is 0.383. The van der Waals surface area contributed by atoms with Gasteiger partial charge in [-0.1, -0.05) is 0 Å². The molecule has 0 amide bonds. The summed E-state index contributed by atoms with van der Waals surface area (Å²) in [6.07, 6.45) is 1.52. The normalized spacial score (nSPS) is 18.9. The van der Waals surface area contributed by atoms with E-state index in [2.05, 4.69) is 19.9 Å². The van der Waals surface area contributed by atoms with Gasteiger partial charge in [0, 0.05) is 48.1 Å². The minimum Gasteiger partial charge on any atom is -0.373 e. The van der Waals surface area contributed by atoms with Gasteiger partial charge in [0.1, 0.15) is 11.2 Å². The number of pyridine rings is 3. The molecule has 0 aromatic carbocycles. The van der Waals surface area contributed by atoms with E-state index >= 15 is 0 Å². The number of nitrogens with zero attached hydrogens (tertiary/aromatic N) is 5. The third-order valence-corrected chi connectivity index (χ3v) is 5.99. The molecule has 0 spiro atoms. The lowest BCUT2D eigenvalue weighted by Gasteiger charge is -2.30. The first-order valence-corrected chi connectivity index (χ1v) is 11.0. The fourth-order valence-corrected chi connectivity index (χ4v) is 4.31. The van der Waals surface area contributed by atoms with Gasteiger partial charge in [-0.2, -0.15) is 13.2 Å². The van der Waals surface area contributed by atoms with Crippen molar-refractivity contribution < 1.29 is 17.9 Å². The Morgan fingerprint density at radius 1 is 0.941 bits per heavy atom. The molecule has 5 heterocycles. The summed E-state index contributed by atoms with van der Waals surface area (Å²) in [4.78, 5) is 21.8. The first-order chi connectivity index (χ1) is 16.3. The van der Waals surface area contributed by atoms with Crippen molar-refractivity contribution in [3.05, 3.63) is 77.3 Å². The van der Waals surface area contributed by atoms with E-state index in [4.69, 9.17) is 9.72 Å². The molecule has 2 atom stereocenters. The van der Waals surface area contributed by atoms with Crippen molar-refractivity contribution in [2.24, 2.45) is 0 Å². The van der Waals surface area contributed by atoms with E-state index in [1.165, 1.54) is 12.3 Å². The molecule has 5 rings (SSSR count). The van der Waals surface area contributed by atoms with Gasteiger partial charge in [-0.3, -0.25) is 19.9 Å². The van der Waals surface area contributed by atoms with Gasteiger partial charge in [-0.15, -0.1) is 0 Å². The van der Waals surface area contributed by atoms with Crippen molar-refractivity contribution in [1.82, 2.24) is 24.9 Å². The van der Waals surface area contributed by atoms with Crippen molar-refractivity contribution in [3.8, 4) is 11.3 Å². The zero-order valence-electron chi connectivity index (χ0n) is 18.7. The fraction of sp³-hybridized carbons (Fsp3) is 0.320. The van der Waals surface area contributed by atoms with Crippen LogP contribution in [-0.2, 0) is 10.9 Å². The Bertz CT molecular complexity index is 1340. The monoisotopic (exact) mass is 465 g/mol. The molecular weight excluding hydrogens is 443 g/mol. The van der Waals surface area contributed by atoms with E-state index < -0.39 is 11.9 Å². The maximum absolute atomic E-state index is 13.0. The maximum Gasteiger partial charge on any atom is 0.433 e. The molecule has 0 bridgehead atoms. The maximum atomic E-state index is 13.0. The van der Waals surface area contributed by atoms with Gasteiger partial charge in [0.2, 0.25) is 0 Å². The van der Waals surface area contributed by atoms with E-state index in [1.54, 1.807) is 12.4 Å². The van der Waals surface area contributed by atoms with Crippen LogP contribution >= 0.6 is 0 Å². The van der Waals surface area contributed by atoms with Gasteiger partial charge < -0.3 is 4.74 Å². The van der Waals surface area contributed by atoms with Gasteiger partial charge in [0.05, 0.1) is 23.0 Å². The smallest absolute Gasteiger partial charge is 0.373 e. The van der Waals surface area contributed by atoms with Crippen molar-refractivity contribution in [2.75, 3.05) is 6.61 Å². The van der Waals surface area contributed by atoms with Gasteiger partial charge in [0.25, 0.3) is 0 Å². The summed E-state index contributed by atoms with van der Waals surface area (Å²) in [5.41, 5.74) is 4.75. The second-order valence-corrected chi connectivity index (χ2v) is 8.52. The largest absolute Gasteiger partial charge is 0.433 e. The van der Waals surface area contributed by atoms with Crippen LogP contribution in [0.4, 0.5) is 13.2 Å². The molecule has 1 saturated heterocycles. The summed E-state index contributed by atoms with van der Waals surface area (Å²) < 4.78 is 45.1. The highest BCUT2D eigenvalue weighted by atomic mass is 19.4. The molecule has 1 fully saturated rings. The Morgan fingerprint density at radius 2 is 1.79 bits per heavy atom. The third-order valence-electron chi connectivity index (χ3n) is 5.99. The number of aryl methyl sites for hydroxylation is 2. The van der Waals surface area contributed by atoms with Gasteiger partial charge in [0.15, 0.2) is 0 Å². The zero-order valence-corrected chi connectivity index (χ0v) is 18.7. The van der Waals surface area contributed by atoms with E-state index in [-0.39, 0.29) is 12.0 Å². The van der Waals surface area contributed by atoms with Crippen LogP contribution in [0.25, 0.3) is 22.3 Å². The Hall–Kier alpha value is -3.46. The van der Waals surface area contributed by atoms with Gasteiger partial charge in [-0.05, 0) is 62.6 Å². The summed E-state index contributed by atoms with van der Waals surface area (Å²) >= 11 is 0. The van der Waals surface area contributed by atoms with Crippen molar-refractivity contribution >= 4 is 11.0 Å². The first-order valence-electron chi connectivity index (χ1n) is 11.0. The van der Waals surface area contributed by atoms with Gasteiger partial charge >= 0.3 is 6.18 Å². The van der Waals surface area contributed by atoms with Crippen LogP contribution in [0.2, 0.25) is 0 Å². The average Bonchev–Trinajstić information content (AvgIpc) is 2.83. The molecule has 4 aromatic heterocycles. The molecule has 1 aliphatic rings.